The molecule has 0 aromatic carbocycles. The van der Waals surface area contributed by atoms with E-state index in [1.54, 1.807) is 4.90 Å². The Hall–Kier alpha value is -1.85. The van der Waals surface area contributed by atoms with E-state index in [1.165, 1.54) is 0 Å². The second kappa shape index (κ2) is 7.24. The van der Waals surface area contributed by atoms with Crippen molar-refractivity contribution in [1.29, 1.82) is 0 Å². The number of amides is 1. The number of nitrogens with zero attached hydrogens (tertiary/aromatic N) is 3. The summed E-state index contributed by atoms with van der Waals surface area (Å²) in [6.07, 6.45) is 0. The predicted octanol–water partition coefficient (Wildman–Crippen LogP) is 2.10. The van der Waals surface area contributed by atoms with E-state index in [-0.39, 0.29) is 17.9 Å². The number of likely N-dealkylation sites (N-methyl/N-ethyl adjacent to an activating group) is 1. The molecule has 0 unspecified atom stereocenters. The smallest absolute Gasteiger partial charge is 0.241 e. The van der Waals surface area contributed by atoms with Gasteiger partial charge >= 0.3 is 0 Å². The minimum absolute atomic E-state index is 0.0712. The lowest BCUT2D eigenvalue weighted by molar-refractivity contribution is -0.128. The van der Waals surface area contributed by atoms with E-state index in [0.717, 1.165) is 24.7 Å². The van der Waals surface area contributed by atoms with Crippen LogP contribution in [0.2, 0.25) is 0 Å². The van der Waals surface area contributed by atoms with Gasteiger partial charge in [0, 0.05) is 31.6 Å². The number of aromatic nitrogens is 2. The van der Waals surface area contributed by atoms with E-state index >= 15 is 0 Å². The fourth-order valence-corrected chi connectivity index (χ4v) is 1.86. The third-order valence-corrected chi connectivity index (χ3v) is 3.19. The van der Waals surface area contributed by atoms with E-state index in [4.69, 9.17) is 0 Å². The third kappa shape index (κ3) is 4.88. The number of anilines is 2. The molecule has 0 saturated heterocycles. The molecule has 0 spiro atoms. The van der Waals surface area contributed by atoms with E-state index in [1.807, 2.05) is 27.0 Å². The van der Waals surface area contributed by atoms with Gasteiger partial charge in [0.05, 0.1) is 6.54 Å². The van der Waals surface area contributed by atoms with Crippen LogP contribution in [0, 0.1) is 0 Å². The number of hydrogen-bond donors (Lipinski definition) is 2. The summed E-state index contributed by atoms with van der Waals surface area (Å²) >= 11 is 0. The first-order valence-electron chi connectivity index (χ1n) is 7.40. The van der Waals surface area contributed by atoms with Crippen molar-refractivity contribution in [2.75, 3.05) is 37.3 Å². The minimum Gasteiger partial charge on any atom is -0.373 e. The molecule has 1 aromatic heterocycles. The summed E-state index contributed by atoms with van der Waals surface area (Å²) in [5.41, 5.74) is -0.147. The summed E-state index contributed by atoms with van der Waals surface area (Å²) in [5, 5.41) is 6.12. The maximum atomic E-state index is 12.0. The van der Waals surface area contributed by atoms with Gasteiger partial charge in [0.1, 0.15) is 17.5 Å². The second-order valence-electron chi connectivity index (χ2n) is 5.88. The van der Waals surface area contributed by atoms with Crippen LogP contribution in [0.5, 0.6) is 0 Å². The molecule has 6 nitrogen and oxygen atoms in total. The molecule has 0 saturated carbocycles. The highest BCUT2D eigenvalue weighted by atomic mass is 16.2. The molecule has 21 heavy (non-hydrogen) atoms. The molecule has 2 N–H and O–H groups in total. The molecule has 1 amide bonds. The monoisotopic (exact) mass is 293 g/mol. The molecule has 0 atom stereocenters. The van der Waals surface area contributed by atoms with Gasteiger partial charge in [0.15, 0.2) is 0 Å². The van der Waals surface area contributed by atoms with E-state index in [0.29, 0.717) is 5.82 Å². The van der Waals surface area contributed by atoms with Gasteiger partial charge in [-0.3, -0.25) is 4.79 Å². The molecule has 1 heterocycles. The highest BCUT2D eigenvalue weighted by molar-refractivity contribution is 5.80. The van der Waals surface area contributed by atoms with Crippen molar-refractivity contribution >= 4 is 17.5 Å². The van der Waals surface area contributed by atoms with Crippen molar-refractivity contribution in [2.45, 2.75) is 40.0 Å². The SMILES string of the molecule is CCN(CC)C(=O)CNc1cc(NC)nc(C(C)(C)C)n1. The summed E-state index contributed by atoms with van der Waals surface area (Å²) in [4.78, 5) is 22.8. The van der Waals surface area contributed by atoms with Crippen LogP contribution in [0.1, 0.15) is 40.4 Å². The standard InChI is InChI=1S/C15H27N5O/c1-7-20(8-2)13(21)10-17-12-9-11(16-6)18-14(19-12)15(3,4)5/h9H,7-8,10H2,1-6H3,(H2,16,17,18,19). The first-order valence-corrected chi connectivity index (χ1v) is 7.40. The Balaban J connectivity index is 2.86. The van der Waals surface area contributed by atoms with E-state index in [9.17, 15) is 4.79 Å². The zero-order chi connectivity index (χ0) is 16.0. The number of carbonyl (C=O) groups excluding carboxylic acids is 1. The van der Waals surface area contributed by atoms with Crippen LogP contribution in [-0.2, 0) is 10.2 Å². The van der Waals surface area contributed by atoms with Crippen molar-refractivity contribution < 1.29 is 4.79 Å². The van der Waals surface area contributed by atoms with Gasteiger partial charge in [-0.2, -0.15) is 0 Å². The van der Waals surface area contributed by atoms with Crippen LogP contribution in [0.3, 0.4) is 0 Å². The lowest BCUT2D eigenvalue weighted by atomic mass is 9.96. The number of rotatable bonds is 6. The normalized spacial score (nSPS) is 11.1. The fourth-order valence-electron chi connectivity index (χ4n) is 1.86. The van der Waals surface area contributed by atoms with Crippen molar-refractivity contribution in [3.8, 4) is 0 Å². The highest BCUT2D eigenvalue weighted by Crippen LogP contribution is 2.22. The maximum Gasteiger partial charge on any atom is 0.241 e. The second-order valence-corrected chi connectivity index (χ2v) is 5.88. The zero-order valence-electron chi connectivity index (χ0n) is 13.9. The van der Waals surface area contributed by atoms with Gasteiger partial charge < -0.3 is 15.5 Å². The Morgan fingerprint density at radius 2 is 1.76 bits per heavy atom. The van der Waals surface area contributed by atoms with E-state index < -0.39 is 0 Å². The summed E-state index contributed by atoms with van der Waals surface area (Å²) in [7, 11) is 1.82. The summed E-state index contributed by atoms with van der Waals surface area (Å²) in [6.45, 7) is 11.8. The average molecular weight is 293 g/mol. The van der Waals surface area contributed by atoms with Crippen molar-refractivity contribution in [3.63, 3.8) is 0 Å². The quantitative estimate of drug-likeness (QED) is 0.840. The molecule has 0 radical (unpaired) electrons. The van der Waals surface area contributed by atoms with Crippen LogP contribution in [0.4, 0.5) is 11.6 Å². The molecule has 118 valence electrons. The molecular formula is C15H27N5O. The molecule has 0 aliphatic carbocycles. The molecule has 0 fully saturated rings. The summed E-state index contributed by atoms with van der Waals surface area (Å²) in [5.74, 6) is 2.22. The van der Waals surface area contributed by atoms with Gasteiger partial charge in [-0.15, -0.1) is 0 Å². The topological polar surface area (TPSA) is 70.2 Å². The highest BCUT2D eigenvalue weighted by Gasteiger charge is 2.19. The maximum absolute atomic E-state index is 12.0. The van der Waals surface area contributed by atoms with E-state index in [2.05, 4.69) is 41.4 Å². The van der Waals surface area contributed by atoms with Gasteiger partial charge in [0.2, 0.25) is 5.91 Å². The molecule has 1 aromatic rings. The lowest BCUT2D eigenvalue weighted by Gasteiger charge is -2.21. The largest absolute Gasteiger partial charge is 0.373 e. The summed E-state index contributed by atoms with van der Waals surface area (Å²) < 4.78 is 0. The number of nitrogens with one attached hydrogen (secondary N) is 2. The molecule has 0 aliphatic heterocycles. The summed E-state index contributed by atoms with van der Waals surface area (Å²) in [6, 6.07) is 1.81. The molecular weight excluding hydrogens is 266 g/mol. The first kappa shape index (κ1) is 17.2. The van der Waals surface area contributed by atoms with Crippen LogP contribution in [0.15, 0.2) is 6.07 Å². The Labute approximate surface area is 127 Å². The lowest BCUT2D eigenvalue weighted by Crippen LogP contribution is -2.35. The van der Waals surface area contributed by atoms with Gasteiger partial charge in [-0.25, -0.2) is 9.97 Å². The van der Waals surface area contributed by atoms with Crippen LogP contribution >= 0.6 is 0 Å². The zero-order valence-corrected chi connectivity index (χ0v) is 13.9. The van der Waals surface area contributed by atoms with Crippen molar-refractivity contribution in [2.24, 2.45) is 0 Å². The Morgan fingerprint density at radius 1 is 1.19 bits per heavy atom. The molecule has 6 heteroatoms. The van der Waals surface area contributed by atoms with Crippen LogP contribution in [0.25, 0.3) is 0 Å². The third-order valence-electron chi connectivity index (χ3n) is 3.19. The minimum atomic E-state index is -0.147. The van der Waals surface area contributed by atoms with Crippen LogP contribution in [-0.4, -0.2) is 47.5 Å². The van der Waals surface area contributed by atoms with Gasteiger partial charge in [0.25, 0.3) is 0 Å². The predicted molar refractivity (Wildman–Crippen MR) is 86.7 cm³/mol. The number of hydrogen-bond acceptors (Lipinski definition) is 5. The van der Waals surface area contributed by atoms with Crippen molar-refractivity contribution in [1.82, 2.24) is 14.9 Å². The Morgan fingerprint density at radius 3 is 2.24 bits per heavy atom. The molecule has 0 aliphatic rings. The van der Waals surface area contributed by atoms with Gasteiger partial charge in [-0.05, 0) is 13.8 Å². The molecule has 0 bridgehead atoms. The average Bonchev–Trinajstić information content (AvgIpc) is 2.45. The Kier molecular flexibility index (Phi) is 5.93. The van der Waals surface area contributed by atoms with Crippen molar-refractivity contribution in [3.05, 3.63) is 11.9 Å². The first-order chi connectivity index (χ1) is 9.81. The Bertz CT molecular complexity index is 477. The fraction of sp³-hybridized carbons (Fsp3) is 0.667. The van der Waals surface area contributed by atoms with Crippen LogP contribution < -0.4 is 10.6 Å². The van der Waals surface area contributed by atoms with Gasteiger partial charge in [-0.1, -0.05) is 20.8 Å². The molecule has 1 rings (SSSR count). The number of carbonyl (C=O) groups is 1.